The van der Waals surface area contributed by atoms with Gasteiger partial charge in [0.2, 0.25) is 0 Å². The van der Waals surface area contributed by atoms with E-state index in [-0.39, 0.29) is 25.0 Å². The quantitative estimate of drug-likeness (QED) is 0.436. The van der Waals surface area contributed by atoms with Crippen LogP contribution in [0.2, 0.25) is 0 Å². The minimum atomic E-state index is -0.923. The molecule has 10 heteroatoms. The van der Waals surface area contributed by atoms with E-state index >= 15 is 0 Å². The number of anilines is 1. The molecule has 5 heterocycles. The van der Waals surface area contributed by atoms with Gasteiger partial charge in [-0.15, -0.1) is 11.3 Å². The van der Waals surface area contributed by atoms with Gasteiger partial charge in [-0.05, 0) is 73.8 Å². The van der Waals surface area contributed by atoms with Gasteiger partial charge < -0.3 is 29.5 Å². The number of carboxylic acid groups (broad SMARTS) is 1. The number of hydrogen-bond acceptors (Lipinski definition) is 8. The van der Waals surface area contributed by atoms with Crippen LogP contribution in [0.1, 0.15) is 54.0 Å². The lowest BCUT2D eigenvalue weighted by molar-refractivity contribution is -0.168. The summed E-state index contributed by atoms with van der Waals surface area (Å²) in [7, 11) is 0. The largest absolute Gasteiger partial charge is 0.465 e. The van der Waals surface area contributed by atoms with Crippen molar-refractivity contribution in [3.8, 4) is 17.2 Å². The zero-order chi connectivity index (χ0) is 27.4. The van der Waals surface area contributed by atoms with E-state index in [1.54, 1.807) is 6.20 Å². The lowest BCUT2D eigenvalue weighted by Crippen LogP contribution is -2.42. The van der Waals surface area contributed by atoms with E-state index in [1.165, 1.54) is 21.8 Å². The minimum Gasteiger partial charge on any atom is -0.465 e. The zero-order valence-corrected chi connectivity index (χ0v) is 23.0. The number of likely N-dealkylation sites (tertiary alicyclic amines) is 1. The summed E-state index contributed by atoms with van der Waals surface area (Å²) in [4.78, 5) is 21.6. The number of nitriles is 1. The van der Waals surface area contributed by atoms with Crippen molar-refractivity contribution in [2.24, 2.45) is 5.92 Å². The molecule has 3 aliphatic heterocycles. The molecule has 2 N–H and O–H groups in total. The van der Waals surface area contributed by atoms with E-state index in [0.717, 1.165) is 64.1 Å². The van der Waals surface area contributed by atoms with Crippen LogP contribution in [0.4, 0.5) is 10.5 Å². The highest BCUT2D eigenvalue weighted by Crippen LogP contribution is 2.58. The Morgan fingerprint density at radius 2 is 2.12 bits per heavy atom. The van der Waals surface area contributed by atoms with Crippen molar-refractivity contribution in [2.75, 3.05) is 31.2 Å². The van der Waals surface area contributed by atoms with Crippen molar-refractivity contribution in [3.63, 3.8) is 0 Å². The van der Waals surface area contributed by atoms with Crippen LogP contribution in [0, 0.1) is 17.2 Å². The van der Waals surface area contributed by atoms with Crippen molar-refractivity contribution in [1.82, 2.24) is 9.88 Å². The lowest BCUT2D eigenvalue weighted by Gasteiger charge is -2.38. The number of hydrogen-bond donors (Lipinski definition) is 2. The van der Waals surface area contributed by atoms with Gasteiger partial charge >= 0.3 is 6.09 Å². The number of thiophene rings is 1. The van der Waals surface area contributed by atoms with Crippen LogP contribution < -0.4 is 4.90 Å². The van der Waals surface area contributed by atoms with Crippen LogP contribution in [0.5, 0.6) is 0 Å². The summed E-state index contributed by atoms with van der Waals surface area (Å²) in [6.07, 6.45) is 5.30. The van der Waals surface area contributed by atoms with E-state index in [9.17, 15) is 20.3 Å². The fourth-order valence-corrected chi connectivity index (χ4v) is 7.89. The van der Waals surface area contributed by atoms with E-state index in [2.05, 4.69) is 16.0 Å². The van der Waals surface area contributed by atoms with Gasteiger partial charge in [0.1, 0.15) is 0 Å². The fraction of sp³-hybridized carbons (Fsp3) is 0.500. The first kappa shape index (κ1) is 25.7. The number of carbonyl (C=O) groups is 1. The average Bonchev–Trinajstić information content (AvgIpc) is 3.44. The predicted octanol–water partition coefficient (Wildman–Crippen LogP) is 4.91. The summed E-state index contributed by atoms with van der Waals surface area (Å²) >= 11 is 1.52. The van der Waals surface area contributed by atoms with Crippen LogP contribution in [-0.2, 0) is 16.1 Å². The summed E-state index contributed by atoms with van der Waals surface area (Å²) in [6.45, 7) is 2.24. The Labute approximate surface area is 236 Å². The third-order valence-corrected chi connectivity index (χ3v) is 10.1. The molecule has 1 aromatic carbocycles. The molecule has 1 amide bonds. The van der Waals surface area contributed by atoms with Gasteiger partial charge in [0, 0.05) is 53.6 Å². The van der Waals surface area contributed by atoms with Crippen molar-refractivity contribution in [1.29, 1.82) is 5.26 Å². The SMILES string of the molecule is N#Cc1cc(-c2ccnc3cc(CO)sc23)c2c(c1)C1CC1CN2[C@H]1C[C@H](COC2CCCCO2)N(C(=O)O)C1. The van der Waals surface area contributed by atoms with Gasteiger partial charge in [0.05, 0.1) is 41.1 Å². The van der Waals surface area contributed by atoms with Crippen LogP contribution in [0.25, 0.3) is 21.3 Å². The molecule has 4 aliphatic rings. The number of fused-ring (bicyclic) bond motifs is 4. The maximum atomic E-state index is 12.3. The van der Waals surface area contributed by atoms with Crippen LogP contribution >= 0.6 is 11.3 Å². The monoisotopic (exact) mass is 560 g/mol. The predicted molar refractivity (Wildman–Crippen MR) is 150 cm³/mol. The number of nitrogens with zero attached hydrogens (tertiary/aromatic N) is 4. The Morgan fingerprint density at radius 3 is 2.90 bits per heavy atom. The molecule has 3 aromatic rings. The molecular formula is C30H32N4O5S. The molecule has 0 spiro atoms. The third-order valence-electron chi connectivity index (χ3n) is 8.91. The highest BCUT2D eigenvalue weighted by molar-refractivity contribution is 7.19. The molecule has 7 rings (SSSR count). The van der Waals surface area contributed by atoms with E-state index < -0.39 is 6.09 Å². The van der Waals surface area contributed by atoms with Crippen molar-refractivity contribution < 1.29 is 24.5 Å². The minimum absolute atomic E-state index is 0.00220. The van der Waals surface area contributed by atoms with Gasteiger partial charge in [0.25, 0.3) is 0 Å². The van der Waals surface area contributed by atoms with Gasteiger partial charge in [0.15, 0.2) is 6.29 Å². The summed E-state index contributed by atoms with van der Waals surface area (Å²) in [5, 5.41) is 29.8. The van der Waals surface area contributed by atoms with Crippen LogP contribution in [-0.4, -0.2) is 70.9 Å². The van der Waals surface area contributed by atoms with E-state index in [4.69, 9.17) is 9.47 Å². The first-order chi connectivity index (χ1) is 19.5. The van der Waals surface area contributed by atoms with Crippen molar-refractivity contribution in [2.45, 2.75) is 63.0 Å². The molecule has 40 heavy (non-hydrogen) atoms. The zero-order valence-electron chi connectivity index (χ0n) is 22.2. The maximum absolute atomic E-state index is 12.3. The second-order valence-corrected chi connectivity index (χ2v) is 12.5. The Morgan fingerprint density at radius 1 is 1.23 bits per heavy atom. The van der Waals surface area contributed by atoms with Crippen LogP contribution in [0.15, 0.2) is 30.5 Å². The highest BCUT2D eigenvalue weighted by Gasteiger charge is 2.49. The summed E-state index contributed by atoms with van der Waals surface area (Å²) < 4.78 is 12.8. The topological polar surface area (TPSA) is 119 Å². The van der Waals surface area contributed by atoms with Gasteiger partial charge in [-0.3, -0.25) is 4.98 Å². The number of aromatic nitrogens is 1. The highest BCUT2D eigenvalue weighted by atomic mass is 32.1. The first-order valence-corrected chi connectivity index (χ1v) is 14.9. The molecule has 2 aromatic heterocycles. The summed E-state index contributed by atoms with van der Waals surface area (Å²) in [6, 6.07) is 10.0. The number of pyridine rings is 1. The van der Waals surface area contributed by atoms with Gasteiger partial charge in [-0.1, -0.05) is 0 Å². The number of ether oxygens (including phenoxy) is 2. The molecule has 0 bridgehead atoms. The summed E-state index contributed by atoms with van der Waals surface area (Å²) in [5.74, 6) is 0.935. The smallest absolute Gasteiger partial charge is 0.407 e. The lowest BCUT2D eigenvalue weighted by atomic mass is 9.90. The number of aliphatic hydroxyl groups is 1. The second kappa shape index (κ2) is 10.3. The first-order valence-electron chi connectivity index (χ1n) is 14.1. The molecule has 5 atom stereocenters. The molecule has 1 saturated carbocycles. The average molecular weight is 561 g/mol. The van der Waals surface area contributed by atoms with Crippen molar-refractivity contribution in [3.05, 3.63) is 46.5 Å². The maximum Gasteiger partial charge on any atom is 0.407 e. The molecule has 9 nitrogen and oxygen atoms in total. The standard InChI is InChI=1S/C30H32N4O5S/c31-12-17-7-24(22-4-5-32-26-11-21(15-35)40-29(22)26)28-25(8-17)23-9-18(23)13-33(28)19-10-20(34(14-19)30(36)37)16-39-27-3-1-2-6-38-27/h4-5,7-8,11,18-20,23,27,35H,1-3,6,9-10,13-16H2,(H,36,37)/t18?,19-,20+,23?,27?/m0/s1. The number of rotatable bonds is 6. The fourth-order valence-electron chi connectivity index (χ4n) is 6.88. The molecule has 0 radical (unpaired) electrons. The van der Waals surface area contributed by atoms with E-state index in [1.807, 2.05) is 24.3 Å². The van der Waals surface area contributed by atoms with E-state index in [0.29, 0.717) is 43.6 Å². The van der Waals surface area contributed by atoms with Gasteiger partial charge in [-0.2, -0.15) is 5.26 Å². The normalized spacial score (nSPS) is 27.4. The third kappa shape index (κ3) is 4.51. The summed E-state index contributed by atoms with van der Waals surface area (Å²) in [5.41, 5.74) is 5.73. The number of amides is 1. The van der Waals surface area contributed by atoms with Gasteiger partial charge in [-0.25, -0.2) is 4.79 Å². The Hall–Kier alpha value is -3.23. The van der Waals surface area contributed by atoms with Crippen LogP contribution in [0.3, 0.4) is 0 Å². The molecule has 1 aliphatic carbocycles. The molecule has 3 unspecified atom stereocenters. The number of aliphatic hydroxyl groups excluding tert-OH is 1. The Kier molecular flexibility index (Phi) is 6.63. The molecule has 208 valence electrons. The Bertz CT molecular complexity index is 1500. The van der Waals surface area contributed by atoms with Crippen molar-refractivity contribution >= 4 is 33.3 Å². The second-order valence-electron chi connectivity index (χ2n) is 11.4. The number of benzene rings is 1. The molecular weight excluding hydrogens is 528 g/mol. The Balaban J connectivity index is 1.27. The molecule has 2 saturated heterocycles. The molecule has 3 fully saturated rings.